The van der Waals surface area contributed by atoms with Crippen molar-refractivity contribution >= 4 is 41.7 Å². The van der Waals surface area contributed by atoms with E-state index in [0.29, 0.717) is 0 Å². The molecular formula is C21H28ClN5S. The monoisotopic (exact) mass is 417 g/mol. The number of benzene rings is 1. The normalized spacial score (nSPS) is 17.9. The van der Waals surface area contributed by atoms with E-state index >= 15 is 0 Å². The fraction of sp³-hybridized carbons (Fsp3) is 0.524. The number of halogens is 1. The number of aromatic nitrogens is 2. The highest BCUT2D eigenvalue weighted by atomic mass is 35.5. The molecule has 2 aromatic rings. The van der Waals surface area contributed by atoms with Crippen LogP contribution in [0, 0.1) is 0 Å². The van der Waals surface area contributed by atoms with Crippen LogP contribution in [0.2, 0.25) is 5.02 Å². The molecule has 0 spiro atoms. The van der Waals surface area contributed by atoms with Crippen molar-refractivity contribution in [2.24, 2.45) is 0 Å². The van der Waals surface area contributed by atoms with Crippen LogP contribution in [0.4, 0.5) is 17.5 Å². The van der Waals surface area contributed by atoms with E-state index in [4.69, 9.17) is 34.2 Å². The van der Waals surface area contributed by atoms with Gasteiger partial charge in [0, 0.05) is 50.0 Å². The molecule has 1 aromatic carbocycles. The van der Waals surface area contributed by atoms with Crippen LogP contribution in [0.25, 0.3) is 0 Å². The molecule has 0 radical (unpaired) electrons. The number of hydrogen-bond acceptors (Lipinski definition) is 6. The van der Waals surface area contributed by atoms with Gasteiger partial charge in [-0.25, -0.2) is 4.98 Å². The Labute approximate surface area is 178 Å². The third kappa shape index (κ3) is 4.18. The van der Waals surface area contributed by atoms with Crippen molar-refractivity contribution in [2.75, 3.05) is 54.0 Å². The van der Waals surface area contributed by atoms with E-state index in [-0.39, 0.29) is 0 Å². The maximum absolute atomic E-state index is 6.02. The van der Waals surface area contributed by atoms with Crippen LogP contribution in [0.1, 0.15) is 31.9 Å². The number of anilines is 3. The molecule has 0 aliphatic carbocycles. The number of hydrogen-bond donors (Lipinski definition) is 1. The van der Waals surface area contributed by atoms with Gasteiger partial charge in [0.2, 0.25) is 5.95 Å². The zero-order valence-corrected chi connectivity index (χ0v) is 18.1. The second-order valence-electron chi connectivity index (χ2n) is 7.49. The number of aryl methyl sites for hydroxylation is 1. The van der Waals surface area contributed by atoms with Gasteiger partial charge in [0.25, 0.3) is 0 Å². The van der Waals surface area contributed by atoms with Gasteiger partial charge >= 0.3 is 0 Å². The van der Waals surface area contributed by atoms with E-state index in [1.165, 1.54) is 24.9 Å². The largest absolute Gasteiger partial charge is 0.368 e. The highest BCUT2D eigenvalue weighted by Gasteiger charge is 2.24. The lowest BCUT2D eigenvalue weighted by molar-refractivity contribution is 0.567. The lowest BCUT2D eigenvalue weighted by Gasteiger charge is -2.37. The van der Waals surface area contributed by atoms with Crippen LogP contribution in [0.3, 0.4) is 0 Å². The van der Waals surface area contributed by atoms with Crippen LogP contribution >= 0.6 is 24.2 Å². The van der Waals surface area contributed by atoms with Crippen molar-refractivity contribution in [3.8, 4) is 0 Å². The van der Waals surface area contributed by atoms with Gasteiger partial charge in [-0.3, -0.25) is 0 Å². The summed E-state index contributed by atoms with van der Waals surface area (Å²) in [4.78, 5) is 17.9. The quantitative estimate of drug-likeness (QED) is 0.750. The number of thiol groups is 1. The minimum atomic E-state index is 0.778. The first kappa shape index (κ1) is 19.6. The molecule has 2 aliphatic rings. The molecule has 0 amide bonds. The predicted octanol–water partition coefficient (Wildman–Crippen LogP) is 4.30. The van der Waals surface area contributed by atoms with Gasteiger partial charge in [0.1, 0.15) is 5.82 Å². The maximum atomic E-state index is 6.02. The number of nitrogens with zero attached hydrogens (tertiary/aromatic N) is 5. The van der Waals surface area contributed by atoms with E-state index < -0.39 is 0 Å². The Morgan fingerprint density at radius 2 is 1.50 bits per heavy atom. The molecule has 0 saturated carbocycles. The van der Waals surface area contributed by atoms with Crippen LogP contribution < -0.4 is 14.7 Å². The molecule has 0 unspecified atom stereocenters. The van der Waals surface area contributed by atoms with Crippen molar-refractivity contribution in [1.82, 2.24) is 9.97 Å². The van der Waals surface area contributed by atoms with Gasteiger partial charge in [-0.1, -0.05) is 18.5 Å². The first-order valence-electron chi connectivity index (χ1n) is 10.3. The van der Waals surface area contributed by atoms with Gasteiger partial charge in [-0.2, -0.15) is 4.98 Å². The summed E-state index contributed by atoms with van der Waals surface area (Å²) in [7, 11) is 0. The SMILES string of the molecule is CCc1nc(N2CCN(c3ccc(Cl)cc3)CC2)nc(N2CCCCC2)c1S. The summed E-state index contributed by atoms with van der Waals surface area (Å²) in [6, 6.07) is 8.09. The molecule has 28 heavy (non-hydrogen) atoms. The lowest BCUT2D eigenvalue weighted by Crippen LogP contribution is -2.47. The molecule has 1 aromatic heterocycles. The van der Waals surface area contributed by atoms with Gasteiger partial charge in [-0.15, -0.1) is 12.6 Å². The van der Waals surface area contributed by atoms with Crippen LogP contribution in [0.5, 0.6) is 0 Å². The van der Waals surface area contributed by atoms with E-state index in [2.05, 4.69) is 33.8 Å². The fourth-order valence-electron chi connectivity index (χ4n) is 4.01. The summed E-state index contributed by atoms with van der Waals surface area (Å²) < 4.78 is 0. The Kier molecular flexibility index (Phi) is 6.16. The topological polar surface area (TPSA) is 35.5 Å². The summed E-state index contributed by atoms with van der Waals surface area (Å²) in [6.07, 6.45) is 4.64. The fourth-order valence-corrected chi connectivity index (χ4v) is 4.53. The molecule has 0 bridgehead atoms. The summed E-state index contributed by atoms with van der Waals surface area (Å²) in [5, 5.41) is 0.778. The second-order valence-corrected chi connectivity index (χ2v) is 8.38. The summed E-state index contributed by atoms with van der Waals surface area (Å²) in [6.45, 7) is 8.01. The average Bonchev–Trinajstić information content (AvgIpc) is 2.75. The van der Waals surface area contributed by atoms with Crippen molar-refractivity contribution < 1.29 is 0 Å². The van der Waals surface area contributed by atoms with Gasteiger partial charge in [-0.05, 0) is 49.9 Å². The van der Waals surface area contributed by atoms with E-state index in [1.807, 2.05) is 12.1 Å². The first-order valence-corrected chi connectivity index (χ1v) is 11.1. The highest BCUT2D eigenvalue weighted by molar-refractivity contribution is 7.80. The predicted molar refractivity (Wildman–Crippen MR) is 121 cm³/mol. The molecule has 150 valence electrons. The van der Waals surface area contributed by atoms with Crippen molar-refractivity contribution in [1.29, 1.82) is 0 Å². The number of piperidine rings is 1. The third-order valence-corrected chi connectivity index (χ3v) is 6.38. The molecule has 2 saturated heterocycles. The first-order chi connectivity index (χ1) is 13.7. The molecule has 2 aliphatic heterocycles. The summed E-state index contributed by atoms with van der Waals surface area (Å²) in [5.74, 6) is 1.87. The van der Waals surface area contributed by atoms with E-state index in [9.17, 15) is 0 Å². The summed E-state index contributed by atoms with van der Waals surface area (Å²) in [5.41, 5.74) is 2.27. The number of rotatable bonds is 4. The standard InChI is InChI=1S/C21H28ClN5S/c1-2-18-19(28)20(26-10-4-3-5-11-26)24-21(23-18)27-14-12-25(13-15-27)17-8-6-16(22)7-9-17/h6-9,28H,2-5,10-15H2,1H3. The van der Waals surface area contributed by atoms with Crippen LogP contribution in [-0.2, 0) is 6.42 Å². The van der Waals surface area contributed by atoms with Crippen molar-refractivity contribution in [3.63, 3.8) is 0 Å². The Morgan fingerprint density at radius 1 is 0.857 bits per heavy atom. The zero-order valence-electron chi connectivity index (χ0n) is 16.4. The molecular weight excluding hydrogens is 390 g/mol. The van der Waals surface area contributed by atoms with Gasteiger partial charge in [0.05, 0.1) is 10.6 Å². The number of piperazine rings is 1. The highest BCUT2D eigenvalue weighted by Crippen LogP contribution is 2.30. The van der Waals surface area contributed by atoms with Crippen LogP contribution in [-0.4, -0.2) is 49.2 Å². The van der Waals surface area contributed by atoms with Gasteiger partial charge in [0.15, 0.2) is 0 Å². The zero-order chi connectivity index (χ0) is 19.5. The Morgan fingerprint density at radius 3 is 2.14 bits per heavy atom. The van der Waals surface area contributed by atoms with Gasteiger partial charge < -0.3 is 14.7 Å². The van der Waals surface area contributed by atoms with Crippen LogP contribution in [0.15, 0.2) is 29.2 Å². The van der Waals surface area contributed by atoms with E-state index in [1.54, 1.807) is 0 Å². The lowest BCUT2D eigenvalue weighted by atomic mass is 10.1. The average molecular weight is 418 g/mol. The van der Waals surface area contributed by atoms with Crippen molar-refractivity contribution in [3.05, 3.63) is 35.0 Å². The molecule has 7 heteroatoms. The second kappa shape index (κ2) is 8.78. The Bertz CT molecular complexity index is 799. The third-order valence-electron chi connectivity index (χ3n) is 5.67. The molecule has 4 rings (SSSR count). The van der Waals surface area contributed by atoms with E-state index in [0.717, 1.165) is 73.1 Å². The molecule has 0 N–H and O–H groups in total. The molecule has 5 nitrogen and oxygen atoms in total. The minimum Gasteiger partial charge on any atom is -0.368 e. The summed E-state index contributed by atoms with van der Waals surface area (Å²) >= 11 is 10.8. The Hall–Kier alpha value is -1.66. The molecule has 3 heterocycles. The maximum Gasteiger partial charge on any atom is 0.227 e. The minimum absolute atomic E-state index is 0.778. The molecule has 2 fully saturated rings. The smallest absolute Gasteiger partial charge is 0.227 e. The molecule has 0 atom stereocenters. The Balaban J connectivity index is 1.52. The van der Waals surface area contributed by atoms with Crippen molar-refractivity contribution in [2.45, 2.75) is 37.5 Å².